The standard InChI is InChI=1S/C11H21ClN2O/c1-9(7-12)8-14-4-2-10(3-5-14)6-11(13)15/h9-10H,2-8H2,1H3,(H2,13,15). The predicted molar refractivity (Wildman–Crippen MR) is 62.9 cm³/mol. The minimum absolute atomic E-state index is 0.164. The molecule has 88 valence electrons. The van der Waals surface area contributed by atoms with Gasteiger partial charge in [-0.2, -0.15) is 0 Å². The van der Waals surface area contributed by atoms with Gasteiger partial charge in [0, 0.05) is 18.8 Å². The number of likely N-dealkylation sites (tertiary alicyclic amines) is 1. The van der Waals surface area contributed by atoms with Gasteiger partial charge in [-0.3, -0.25) is 4.79 Å². The highest BCUT2D eigenvalue weighted by atomic mass is 35.5. The molecule has 1 fully saturated rings. The van der Waals surface area contributed by atoms with E-state index in [0.717, 1.165) is 38.4 Å². The van der Waals surface area contributed by atoms with E-state index in [2.05, 4.69) is 11.8 Å². The Bertz CT molecular complexity index is 203. The van der Waals surface area contributed by atoms with Crippen LogP contribution in [-0.2, 0) is 4.79 Å². The summed E-state index contributed by atoms with van der Waals surface area (Å²) in [5.41, 5.74) is 5.19. The van der Waals surface area contributed by atoms with Crippen molar-refractivity contribution in [3.8, 4) is 0 Å². The largest absolute Gasteiger partial charge is 0.370 e. The molecule has 0 aromatic carbocycles. The monoisotopic (exact) mass is 232 g/mol. The number of carbonyl (C=O) groups excluding carboxylic acids is 1. The van der Waals surface area contributed by atoms with E-state index < -0.39 is 0 Å². The molecule has 15 heavy (non-hydrogen) atoms. The fourth-order valence-electron chi connectivity index (χ4n) is 2.15. The number of amides is 1. The van der Waals surface area contributed by atoms with Gasteiger partial charge >= 0.3 is 0 Å². The molecule has 0 spiro atoms. The van der Waals surface area contributed by atoms with Crippen LogP contribution in [0.2, 0.25) is 0 Å². The number of carbonyl (C=O) groups is 1. The normalized spacial score (nSPS) is 21.5. The molecule has 0 aliphatic carbocycles. The average molecular weight is 233 g/mol. The summed E-state index contributed by atoms with van der Waals surface area (Å²) in [7, 11) is 0. The van der Waals surface area contributed by atoms with Crippen molar-refractivity contribution < 1.29 is 4.79 Å². The molecule has 3 nitrogen and oxygen atoms in total. The highest BCUT2D eigenvalue weighted by Crippen LogP contribution is 2.20. The van der Waals surface area contributed by atoms with E-state index in [4.69, 9.17) is 17.3 Å². The maximum Gasteiger partial charge on any atom is 0.217 e. The van der Waals surface area contributed by atoms with Crippen LogP contribution >= 0.6 is 11.6 Å². The second-order valence-electron chi connectivity index (χ2n) is 4.67. The third-order valence-corrected chi connectivity index (χ3v) is 3.56. The van der Waals surface area contributed by atoms with Crippen LogP contribution in [0.1, 0.15) is 26.2 Å². The van der Waals surface area contributed by atoms with Gasteiger partial charge in [-0.05, 0) is 37.8 Å². The van der Waals surface area contributed by atoms with Gasteiger partial charge in [0.1, 0.15) is 0 Å². The Morgan fingerprint density at radius 1 is 1.53 bits per heavy atom. The zero-order valence-corrected chi connectivity index (χ0v) is 10.2. The molecule has 1 unspecified atom stereocenters. The van der Waals surface area contributed by atoms with Crippen LogP contribution in [-0.4, -0.2) is 36.3 Å². The Morgan fingerprint density at radius 3 is 2.60 bits per heavy atom. The number of rotatable bonds is 5. The lowest BCUT2D eigenvalue weighted by Gasteiger charge is -2.32. The summed E-state index contributed by atoms with van der Waals surface area (Å²) in [6.07, 6.45) is 2.74. The zero-order chi connectivity index (χ0) is 11.3. The number of halogens is 1. The summed E-state index contributed by atoms with van der Waals surface area (Å²) in [6.45, 7) is 5.41. The van der Waals surface area contributed by atoms with Crippen molar-refractivity contribution in [1.82, 2.24) is 4.90 Å². The second-order valence-corrected chi connectivity index (χ2v) is 4.98. The van der Waals surface area contributed by atoms with Gasteiger partial charge in [0.15, 0.2) is 0 Å². The van der Waals surface area contributed by atoms with E-state index in [1.54, 1.807) is 0 Å². The van der Waals surface area contributed by atoms with Crippen LogP contribution in [0.3, 0.4) is 0 Å². The first kappa shape index (κ1) is 12.8. The molecule has 0 aromatic heterocycles. The third-order valence-electron chi connectivity index (χ3n) is 3.03. The molecule has 1 aliphatic rings. The molecule has 2 N–H and O–H groups in total. The summed E-state index contributed by atoms with van der Waals surface area (Å²) in [6, 6.07) is 0. The maximum absolute atomic E-state index is 10.8. The number of piperidine rings is 1. The van der Waals surface area contributed by atoms with Crippen molar-refractivity contribution in [3.63, 3.8) is 0 Å². The van der Waals surface area contributed by atoms with Crippen molar-refractivity contribution in [2.45, 2.75) is 26.2 Å². The van der Waals surface area contributed by atoms with Gasteiger partial charge in [0.25, 0.3) is 0 Å². The molecule has 0 saturated carbocycles. The van der Waals surface area contributed by atoms with E-state index in [9.17, 15) is 4.79 Å². The Kier molecular flexibility index (Phi) is 5.40. The molecule has 1 saturated heterocycles. The number of alkyl halides is 1. The number of hydrogen-bond donors (Lipinski definition) is 1. The summed E-state index contributed by atoms with van der Waals surface area (Å²) in [5, 5.41) is 0. The fourth-order valence-corrected chi connectivity index (χ4v) is 2.24. The number of hydrogen-bond acceptors (Lipinski definition) is 2. The molecule has 1 rings (SSSR count). The topological polar surface area (TPSA) is 46.3 Å². The van der Waals surface area contributed by atoms with Crippen LogP contribution < -0.4 is 5.73 Å². The molecule has 0 bridgehead atoms. The molecular weight excluding hydrogens is 212 g/mol. The van der Waals surface area contributed by atoms with Gasteiger partial charge in [-0.1, -0.05) is 6.92 Å². The Labute approximate surface area is 96.9 Å². The molecule has 0 aromatic rings. The highest BCUT2D eigenvalue weighted by Gasteiger charge is 2.21. The summed E-state index contributed by atoms with van der Waals surface area (Å²) < 4.78 is 0. The van der Waals surface area contributed by atoms with Crippen LogP contribution in [0.25, 0.3) is 0 Å². The third kappa shape index (κ3) is 4.85. The minimum atomic E-state index is -0.164. The summed E-state index contributed by atoms with van der Waals surface area (Å²) >= 11 is 5.78. The van der Waals surface area contributed by atoms with Crippen molar-refractivity contribution >= 4 is 17.5 Å². The lowest BCUT2D eigenvalue weighted by atomic mass is 9.93. The van der Waals surface area contributed by atoms with E-state index in [0.29, 0.717) is 18.3 Å². The van der Waals surface area contributed by atoms with E-state index >= 15 is 0 Å². The van der Waals surface area contributed by atoms with Gasteiger partial charge < -0.3 is 10.6 Å². The lowest BCUT2D eigenvalue weighted by molar-refractivity contribution is -0.119. The minimum Gasteiger partial charge on any atom is -0.370 e. The second kappa shape index (κ2) is 6.33. The molecule has 1 aliphatic heterocycles. The molecule has 1 amide bonds. The molecule has 0 radical (unpaired) electrons. The van der Waals surface area contributed by atoms with E-state index in [1.807, 2.05) is 0 Å². The van der Waals surface area contributed by atoms with E-state index in [1.165, 1.54) is 0 Å². The van der Waals surface area contributed by atoms with Crippen molar-refractivity contribution in [2.24, 2.45) is 17.6 Å². The first-order valence-corrected chi connectivity index (χ1v) is 6.22. The number of primary amides is 1. The quantitative estimate of drug-likeness (QED) is 0.730. The average Bonchev–Trinajstić information content (AvgIpc) is 2.20. The zero-order valence-electron chi connectivity index (χ0n) is 9.42. The predicted octanol–water partition coefficient (Wildman–Crippen LogP) is 1.45. The first-order chi connectivity index (χ1) is 7.11. The summed E-state index contributed by atoms with van der Waals surface area (Å²) in [5.74, 6) is 1.62. The molecular formula is C11H21ClN2O. The van der Waals surface area contributed by atoms with Crippen LogP contribution in [0.4, 0.5) is 0 Å². The van der Waals surface area contributed by atoms with Crippen molar-refractivity contribution in [1.29, 1.82) is 0 Å². The molecule has 1 heterocycles. The molecule has 4 heteroatoms. The Hall–Kier alpha value is -0.280. The Morgan fingerprint density at radius 2 is 2.13 bits per heavy atom. The smallest absolute Gasteiger partial charge is 0.217 e. The summed E-state index contributed by atoms with van der Waals surface area (Å²) in [4.78, 5) is 13.2. The fraction of sp³-hybridized carbons (Fsp3) is 0.909. The lowest BCUT2D eigenvalue weighted by Crippen LogP contribution is -2.37. The van der Waals surface area contributed by atoms with Gasteiger partial charge in [0.05, 0.1) is 0 Å². The van der Waals surface area contributed by atoms with Crippen LogP contribution in [0, 0.1) is 11.8 Å². The van der Waals surface area contributed by atoms with Gasteiger partial charge in [-0.15, -0.1) is 11.6 Å². The SMILES string of the molecule is CC(CCl)CN1CCC(CC(N)=O)CC1. The molecule has 1 atom stereocenters. The highest BCUT2D eigenvalue weighted by molar-refractivity contribution is 6.18. The number of nitrogens with two attached hydrogens (primary N) is 1. The van der Waals surface area contributed by atoms with E-state index in [-0.39, 0.29) is 5.91 Å². The van der Waals surface area contributed by atoms with Gasteiger partial charge in [-0.25, -0.2) is 0 Å². The first-order valence-electron chi connectivity index (χ1n) is 5.68. The van der Waals surface area contributed by atoms with Gasteiger partial charge in [0.2, 0.25) is 5.91 Å². The van der Waals surface area contributed by atoms with Crippen LogP contribution in [0.15, 0.2) is 0 Å². The van der Waals surface area contributed by atoms with Crippen molar-refractivity contribution in [2.75, 3.05) is 25.5 Å². The number of nitrogens with zero attached hydrogens (tertiary/aromatic N) is 1. The van der Waals surface area contributed by atoms with Crippen LogP contribution in [0.5, 0.6) is 0 Å². The maximum atomic E-state index is 10.8. The Balaban J connectivity index is 2.20. The van der Waals surface area contributed by atoms with Crippen molar-refractivity contribution in [3.05, 3.63) is 0 Å².